The SMILES string of the molecule is O=S(=O)(F)CCc1ccc(Br)cc1F. The van der Waals surface area contributed by atoms with E-state index in [0.29, 0.717) is 4.47 Å². The first-order valence-corrected chi connectivity index (χ1v) is 6.09. The second kappa shape index (κ2) is 4.35. The molecular weight excluding hydrogens is 278 g/mol. The fourth-order valence-electron chi connectivity index (χ4n) is 0.956. The minimum absolute atomic E-state index is 0.155. The molecule has 0 amide bonds. The number of hydrogen-bond donors (Lipinski definition) is 0. The van der Waals surface area contributed by atoms with Gasteiger partial charge in [-0.3, -0.25) is 0 Å². The van der Waals surface area contributed by atoms with Gasteiger partial charge < -0.3 is 0 Å². The van der Waals surface area contributed by atoms with Gasteiger partial charge in [0.2, 0.25) is 0 Å². The van der Waals surface area contributed by atoms with Crippen molar-refractivity contribution in [2.24, 2.45) is 0 Å². The van der Waals surface area contributed by atoms with Gasteiger partial charge in [0.05, 0.1) is 5.75 Å². The highest BCUT2D eigenvalue weighted by molar-refractivity contribution is 9.10. The van der Waals surface area contributed by atoms with Crippen molar-refractivity contribution in [3.05, 3.63) is 34.1 Å². The summed E-state index contributed by atoms with van der Waals surface area (Å²) in [7, 11) is -4.53. The summed E-state index contributed by atoms with van der Waals surface area (Å²) < 4.78 is 46.1. The summed E-state index contributed by atoms with van der Waals surface area (Å²) in [6.07, 6.45) is -0.155. The Morgan fingerprint density at radius 2 is 2.00 bits per heavy atom. The normalized spacial score (nSPS) is 11.6. The van der Waals surface area contributed by atoms with E-state index in [4.69, 9.17) is 0 Å². The minimum atomic E-state index is -4.53. The Hall–Kier alpha value is -0.490. The van der Waals surface area contributed by atoms with Crippen LogP contribution in [0, 0.1) is 5.82 Å². The first-order valence-electron chi connectivity index (χ1n) is 3.75. The van der Waals surface area contributed by atoms with Gasteiger partial charge in [-0.1, -0.05) is 22.0 Å². The molecule has 1 rings (SSSR count). The van der Waals surface area contributed by atoms with Gasteiger partial charge in [0.15, 0.2) is 0 Å². The quantitative estimate of drug-likeness (QED) is 0.799. The first-order chi connectivity index (χ1) is 6.38. The average molecular weight is 285 g/mol. The van der Waals surface area contributed by atoms with Crippen LogP contribution in [0.3, 0.4) is 0 Å². The molecule has 2 nitrogen and oxygen atoms in total. The molecule has 0 aliphatic heterocycles. The molecule has 0 fully saturated rings. The van der Waals surface area contributed by atoms with Crippen LogP contribution in [0.4, 0.5) is 8.28 Å². The molecular formula is C8H7BrF2O2S. The van der Waals surface area contributed by atoms with E-state index in [9.17, 15) is 16.7 Å². The highest BCUT2D eigenvalue weighted by Crippen LogP contribution is 2.16. The Labute approximate surface area is 89.3 Å². The third-order valence-electron chi connectivity index (χ3n) is 1.63. The molecule has 0 atom stereocenters. The maximum Gasteiger partial charge on any atom is 0.302 e. The van der Waals surface area contributed by atoms with Crippen LogP contribution < -0.4 is 0 Å². The van der Waals surface area contributed by atoms with Crippen LogP contribution in [0.5, 0.6) is 0 Å². The lowest BCUT2D eigenvalue weighted by atomic mass is 10.2. The van der Waals surface area contributed by atoms with Gasteiger partial charge in [0.25, 0.3) is 0 Å². The van der Waals surface area contributed by atoms with Crippen LogP contribution in [-0.4, -0.2) is 14.2 Å². The second-order valence-electron chi connectivity index (χ2n) is 2.73. The second-order valence-corrected chi connectivity index (χ2v) is 5.13. The van der Waals surface area contributed by atoms with Crippen LogP contribution in [0.1, 0.15) is 5.56 Å². The number of aryl methyl sites for hydroxylation is 1. The van der Waals surface area contributed by atoms with E-state index in [-0.39, 0.29) is 12.0 Å². The summed E-state index contributed by atoms with van der Waals surface area (Å²) in [6.45, 7) is 0. The Balaban J connectivity index is 2.78. The van der Waals surface area contributed by atoms with E-state index in [2.05, 4.69) is 15.9 Å². The minimum Gasteiger partial charge on any atom is -0.207 e. The molecule has 1 aromatic carbocycles. The molecule has 0 saturated carbocycles. The molecule has 1 aromatic rings. The maximum atomic E-state index is 13.1. The smallest absolute Gasteiger partial charge is 0.207 e. The van der Waals surface area contributed by atoms with Crippen LogP contribution >= 0.6 is 15.9 Å². The maximum absolute atomic E-state index is 13.1. The summed E-state index contributed by atoms with van der Waals surface area (Å²) >= 11 is 3.05. The lowest BCUT2D eigenvalue weighted by Gasteiger charge is -2.01. The largest absolute Gasteiger partial charge is 0.302 e. The van der Waals surface area contributed by atoms with Crippen LogP contribution in [0.25, 0.3) is 0 Å². The van der Waals surface area contributed by atoms with Crippen molar-refractivity contribution in [3.63, 3.8) is 0 Å². The first kappa shape index (κ1) is 11.6. The summed E-state index contributed by atoms with van der Waals surface area (Å²) in [5, 5.41) is 0. The van der Waals surface area contributed by atoms with Crippen LogP contribution in [0.2, 0.25) is 0 Å². The van der Waals surface area contributed by atoms with E-state index in [0.717, 1.165) is 0 Å². The molecule has 78 valence electrons. The average Bonchev–Trinajstić information content (AvgIpc) is 2.00. The number of halogens is 3. The zero-order valence-electron chi connectivity index (χ0n) is 7.00. The zero-order chi connectivity index (χ0) is 10.8. The number of hydrogen-bond acceptors (Lipinski definition) is 2. The highest BCUT2D eigenvalue weighted by atomic mass is 79.9. The summed E-state index contributed by atoms with van der Waals surface area (Å²) in [5.41, 5.74) is 0.189. The van der Waals surface area contributed by atoms with Crippen molar-refractivity contribution in [2.75, 3.05) is 5.75 Å². The van der Waals surface area contributed by atoms with E-state index in [1.54, 1.807) is 6.07 Å². The molecule has 0 radical (unpaired) electrons. The molecule has 0 N–H and O–H groups in total. The van der Waals surface area contributed by atoms with Gasteiger partial charge >= 0.3 is 10.2 Å². The van der Waals surface area contributed by atoms with Gasteiger partial charge in [0.1, 0.15) is 5.82 Å². The fraction of sp³-hybridized carbons (Fsp3) is 0.250. The van der Waals surface area contributed by atoms with Crippen LogP contribution in [-0.2, 0) is 16.6 Å². The van der Waals surface area contributed by atoms with E-state index < -0.39 is 21.8 Å². The number of benzene rings is 1. The standard InChI is InChI=1S/C8H7BrF2O2S/c9-7-2-1-6(8(10)5-7)3-4-14(11,12)13/h1-2,5H,3-4H2. The highest BCUT2D eigenvalue weighted by Gasteiger charge is 2.10. The Bertz CT molecular complexity index is 431. The molecule has 0 bridgehead atoms. The lowest BCUT2D eigenvalue weighted by Crippen LogP contribution is -2.03. The molecule has 0 saturated heterocycles. The van der Waals surface area contributed by atoms with Crippen molar-refractivity contribution in [1.82, 2.24) is 0 Å². The summed E-state index contributed by atoms with van der Waals surface area (Å²) in [5.74, 6) is -1.23. The van der Waals surface area contributed by atoms with Crippen molar-refractivity contribution in [2.45, 2.75) is 6.42 Å². The molecule has 0 aromatic heterocycles. The molecule has 0 heterocycles. The lowest BCUT2D eigenvalue weighted by molar-refractivity contribution is 0.550. The Morgan fingerprint density at radius 1 is 1.36 bits per heavy atom. The van der Waals surface area contributed by atoms with Gasteiger partial charge in [-0.15, -0.1) is 3.89 Å². The molecule has 0 aliphatic carbocycles. The summed E-state index contributed by atoms with van der Waals surface area (Å²) in [4.78, 5) is 0. The van der Waals surface area contributed by atoms with Crippen molar-refractivity contribution < 1.29 is 16.7 Å². The molecule has 14 heavy (non-hydrogen) atoms. The van der Waals surface area contributed by atoms with Gasteiger partial charge in [-0.2, -0.15) is 8.42 Å². The van der Waals surface area contributed by atoms with Gasteiger partial charge in [-0.25, -0.2) is 4.39 Å². The Kier molecular flexibility index (Phi) is 3.60. The topological polar surface area (TPSA) is 34.1 Å². The predicted molar refractivity (Wildman–Crippen MR) is 52.7 cm³/mol. The molecule has 6 heteroatoms. The van der Waals surface area contributed by atoms with Gasteiger partial charge in [-0.05, 0) is 24.1 Å². The third-order valence-corrected chi connectivity index (χ3v) is 2.82. The molecule has 0 aliphatic rings. The Morgan fingerprint density at radius 3 is 2.50 bits per heavy atom. The van der Waals surface area contributed by atoms with Gasteiger partial charge in [0, 0.05) is 4.47 Å². The number of rotatable bonds is 3. The van der Waals surface area contributed by atoms with Crippen molar-refractivity contribution in [1.29, 1.82) is 0 Å². The third kappa shape index (κ3) is 3.71. The summed E-state index contributed by atoms with van der Waals surface area (Å²) in [6, 6.07) is 4.20. The van der Waals surface area contributed by atoms with E-state index >= 15 is 0 Å². The predicted octanol–water partition coefficient (Wildman–Crippen LogP) is 2.43. The van der Waals surface area contributed by atoms with Crippen molar-refractivity contribution >= 4 is 26.2 Å². The fourth-order valence-corrected chi connectivity index (χ4v) is 1.75. The molecule has 0 unspecified atom stereocenters. The molecule has 0 spiro atoms. The monoisotopic (exact) mass is 284 g/mol. The van der Waals surface area contributed by atoms with E-state index in [1.807, 2.05) is 0 Å². The zero-order valence-corrected chi connectivity index (χ0v) is 9.41. The van der Waals surface area contributed by atoms with Crippen molar-refractivity contribution in [3.8, 4) is 0 Å². The van der Waals surface area contributed by atoms with Crippen LogP contribution in [0.15, 0.2) is 22.7 Å². The van der Waals surface area contributed by atoms with E-state index in [1.165, 1.54) is 12.1 Å².